The molecule has 1 fully saturated rings. The summed E-state index contributed by atoms with van der Waals surface area (Å²) in [4.78, 5) is 16.6. The molecule has 1 heterocycles. The fourth-order valence-electron chi connectivity index (χ4n) is 2.33. The molecule has 1 aromatic rings. The highest BCUT2D eigenvalue weighted by molar-refractivity contribution is 5.94. The Labute approximate surface area is 115 Å². The maximum absolute atomic E-state index is 12.3. The van der Waals surface area contributed by atoms with Crippen molar-refractivity contribution in [1.29, 1.82) is 0 Å². The number of benzene rings is 1. The molecule has 0 atom stereocenters. The zero-order valence-electron chi connectivity index (χ0n) is 11.6. The van der Waals surface area contributed by atoms with E-state index in [4.69, 9.17) is 6.42 Å². The highest BCUT2D eigenvalue weighted by atomic mass is 16.2. The van der Waals surface area contributed by atoms with Gasteiger partial charge in [-0.15, -0.1) is 6.42 Å². The van der Waals surface area contributed by atoms with Crippen molar-refractivity contribution in [1.82, 2.24) is 9.80 Å². The first kappa shape index (κ1) is 13.6. The van der Waals surface area contributed by atoms with Crippen LogP contribution in [0.15, 0.2) is 24.3 Å². The number of piperazine rings is 1. The fourth-order valence-corrected chi connectivity index (χ4v) is 2.33. The summed E-state index contributed by atoms with van der Waals surface area (Å²) in [6.07, 6.45) is 5.31. The maximum atomic E-state index is 12.3. The predicted octanol–water partition coefficient (Wildman–Crippen LogP) is 1.83. The second-order valence-corrected chi connectivity index (χ2v) is 5.14. The number of terminal acetylenes is 1. The van der Waals surface area contributed by atoms with Gasteiger partial charge in [-0.1, -0.05) is 5.92 Å². The van der Waals surface area contributed by atoms with Gasteiger partial charge in [-0.3, -0.25) is 9.69 Å². The second kappa shape index (κ2) is 5.90. The first-order chi connectivity index (χ1) is 9.11. The number of hydrogen-bond donors (Lipinski definition) is 0. The van der Waals surface area contributed by atoms with E-state index in [2.05, 4.69) is 24.7 Å². The molecule has 1 amide bonds. The third-order valence-corrected chi connectivity index (χ3v) is 3.63. The number of amides is 1. The van der Waals surface area contributed by atoms with E-state index in [0.29, 0.717) is 6.04 Å². The van der Waals surface area contributed by atoms with Crippen molar-refractivity contribution in [2.24, 2.45) is 0 Å². The Morgan fingerprint density at radius 2 is 1.74 bits per heavy atom. The van der Waals surface area contributed by atoms with E-state index in [1.165, 1.54) is 0 Å². The van der Waals surface area contributed by atoms with Gasteiger partial charge in [0.1, 0.15) is 0 Å². The third-order valence-electron chi connectivity index (χ3n) is 3.63. The van der Waals surface area contributed by atoms with Gasteiger partial charge < -0.3 is 4.90 Å². The summed E-state index contributed by atoms with van der Waals surface area (Å²) in [7, 11) is 0. The monoisotopic (exact) mass is 256 g/mol. The topological polar surface area (TPSA) is 23.6 Å². The van der Waals surface area contributed by atoms with E-state index < -0.39 is 0 Å². The number of carbonyl (C=O) groups is 1. The molecule has 0 aromatic heterocycles. The van der Waals surface area contributed by atoms with Crippen LogP contribution in [-0.2, 0) is 0 Å². The Balaban J connectivity index is 1.99. The quantitative estimate of drug-likeness (QED) is 0.754. The molecule has 0 unspecified atom stereocenters. The number of hydrogen-bond acceptors (Lipinski definition) is 2. The van der Waals surface area contributed by atoms with Crippen molar-refractivity contribution >= 4 is 5.91 Å². The Morgan fingerprint density at radius 1 is 1.16 bits per heavy atom. The molecule has 0 spiro atoms. The molecule has 100 valence electrons. The zero-order valence-corrected chi connectivity index (χ0v) is 11.6. The lowest BCUT2D eigenvalue weighted by Gasteiger charge is -2.37. The van der Waals surface area contributed by atoms with Crippen LogP contribution >= 0.6 is 0 Å². The summed E-state index contributed by atoms with van der Waals surface area (Å²) in [6.45, 7) is 7.88. The number of carbonyl (C=O) groups excluding carboxylic acids is 1. The Morgan fingerprint density at radius 3 is 2.21 bits per heavy atom. The van der Waals surface area contributed by atoms with E-state index in [9.17, 15) is 4.79 Å². The standard InChI is InChI=1S/C16H20N2O/c1-4-14-5-7-15(8-6-14)16(19)18-11-9-17(10-12-18)13(2)3/h1,5-8,13H,9-12H2,2-3H3. The van der Waals surface area contributed by atoms with Gasteiger partial charge in [-0.25, -0.2) is 0 Å². The van der Waals surface area contributed by atoms with Gasteiger partial charge in [-0.2, -0.15) is 0 Å². The van der Waals surface area contributed by atoms with Crippen molar-refractivity contribution in [3.63, 3.8) is 0 Å². The SMILES string of the molecule is C#Cc1ccc(C(=O)N2CCN(C(C)C)CC2)cc1. The Hall–Kier alpha value is -1.79. The van der Waals surface area contributed by atoms with Crippen molar-refractivity contribution in [2.75, 3.05) is 26.2 Å². The summed E-state index contributed by atoms with van der Waals surface area (Å²) in [5.74, 6) is 2.66. The van der Waals surface area contributed by atoms with E-state index >= 15 is 0 Å². The lowest BCUT2D eigenvalue weighted by atomic mass is 10.1. The fraction of sp³-hybridized carbons (Fsp3) is 0.438. The summed E-state index contributed by atoms with van der Waals surface area (Å²) in [5, 5.41) is 0. The van der Waals surface area contributed by atoms with Crippen molar-refractivity contribution in [3.8, 4) is 12.3 Å². The summed E-state index contributed by atoms with van der Waals surface area (Å²) in [5.41, 5.74) is 1.53. The molecule has 1 aromatic carbocycles. The van der Waals surface area contributed by atoms with Gasteiger partial charge in [-0.05, 0) is 38.1 Å². The van der Waals surface area contributed by atoms with Crippen LogP contribution in [0.25, 0.3) is 0 Å². The summed E-state index contributed by atoms with van der Waals surface area (Å²) in [6, 6.07) is 7.81. The molecule has 0 aliphatic carbocycles. The minimum absolute atomic E-state index is 0.104. The van der Waals surface area contributed by atoms with Gasteiger partial charge in [0, 0.05) is 43.3 Å². The van der Waals surface area contributed by atoms with Gasteiger partial charge in [0.05, 0.1) is 0 Å². The molecule has 3 heteroatoms. The molecular formula is C16H20N2O. The highest BCUT2D eigenvalue weighted by Gasteiger charge is 2.23. The normalized spacial score (nSPS) is 16.4. The zero-order chi connectivity index (χ0) is 13.8. The minimum Gasteiger partial charge on any atom is -0.336 e. The predicted molar refractivity (Wildman–Crippen MR) is 77.0 cm³/mol. The van der Waals surface area contributed by atoms with Crippen molar-refractivity contribution in [2.45, 2.75) is 19.9 Å². The molecule has 1 aliphatic heterocycles. The summed E-state index contributed by atoms with van der Waals surface area (Å²) < 4.78 is 0. The van der Waals surface area contributed by atoms with Crippen molar-refractivity contribution < 1.29 is 4.79 Å². The summed E-state index contributed by atoms with van der Waals surface area (Å²) >= 11 is 0. The van der Waals surface area contributed by atoms with Crippen LogP contribution in [0.3, 0.4) is 0 Å². The molecule has 1 aliphatic rings. The first-order valence-corrected chi connectivity index (χ1v) is 6.72. The van der Waals surface area contributed by atoms with Crippen LogP contribution in [0.5, 0.6) is 0 Å². The van der Waals surface area contributed by atoms with E-state index in [0.717, 1.165) is 37.3 Å². The lowest BCUT2D eigenvalue weighted by Crippen LogP contribution is -2.50. The Bertz CT molecular complexity index is 476. The van der Waals surface area contributed by atoms with Gasteiger partial charge in [0.15, 0.2) is 0 Å². The second-order valence-electron chi connectivity index (χ2n) is 5.14. The van der Waals surface area contributed by atoms with Gasteiger partial charge >= 0.3 is 0 Å². The average molecular weight is 256 g/mol. The molecule has 1 saturated heterocycles. The molecule has 0 saturated carbocycles. The van der Waals surface area contributed by atoms with Gasteiger partial charge in [0.25, 0.3) is 5.91 Å². The molecule has 0 N–H and O–H groups in total. The maximum Gasteiger partial charge on any atom is 0.253 e. The molecule has 3 nitrogen and oxygen atoms in total. The van der Waals surface area contributed by atoms with Crippen LogP contribution in [0.1, 0.15) is 29.8 Å². The smallest absolute Gasteiger partial charge is 0.253 e. The third kappa shape index (κ3) is 3.15. The number of rotatable bonds is 2. The van der Waals surface area contributed by atoms with Gasteiger partial charge in [0.2, 0.25) is 0 Å². The van der Waals surface area contributed by atoms with Crippen LogP contribution in [0.4, 0.5) is 0 Å². The molecule has 19 heavy (non-hydrogen) atoms. The van der Waals surface area contributed by atoms with E-state index in [1.54, 1.807) is 0 Å². The van der Waals surface area contributed by atoms with Crippen LogP contribution < -0.4 is 0 Å². The molecule has 0 radical (unpaired) electrons. The first-order valence-electron chi connectivity index (χ1n) is 6.72. The molecular weight excluding hydrogens is 236 g/mol. The largest absolute Gasteiger partial charge is 0.336 e. The van der Waals surface area contributed by atoms with E-state index in [-0.39, 0.29) is 5.91 Å². The van der Waals surface area contributed by atoms with Crippen LogP contribution in [0, 0.1) is 12.3 Å². The molecule has 2 rings (SSSR count). The Kier molecular flexibility index (Phi) is 4.24. The average Bonchev–Trinajstić information content (AvgIpc) is 2.46. The van der Waals surface area contributed by atoms with Crippen LogP contribution in [-0.4, -0.2) is 47.9 Å². The molecule has 0 bridgehead atoms. The van der Waals surface area contributed by atoms with E-state index in [1.807, 2.05) is 29.2 Å². The van der Waals surface area contributed by atoms with Crippen LogP contribution in [0.2, 0.25) is 0 Å². The lowest BCUT2D eigenvalue weighted by molar-refractivity contribution is 0.0595. The number of nitrogens with zero attached hydrogens (tertiary/aromatic N) is 2. The van der Waals surface area contributed by atoms with Crippen molar-refractivity contribution in [3.05, 3.63) is 35.4 Å². The minimum atomic E-state index is 0.104. The highest BCUT2D eigenvalue weighted by Crippen LogP contribution is 2.11.